The maximum absolute atomic E-state index is 5.95. The van der Waals surface area contributed by atoms with Crippen LogP contribution in [-0.2, 0) is 0 Å². The molecule has 2 aromatic rings. The Morgan fingerprint density at radius 2 is 1.65 bits per heavy atom. The van der Waals surface area contributed by atoms with Crippen molar-refractivity contribution < 1.29 is 0 Å². The molecule has 0 saturated carbocycles. The van der Waals surface area contributed by atoms with Crippen molar-refractivity contribution in [2.45, 2.75) is 13.0 Å². The van der Waals surface area contributed by atoms with Gasteiger partial charge in [0, 0.05) is 34.2 Å². The van der Waals surface area contributed by atoms with Crippen molar-refractivity contribution in [1.29, 1.82) is 0 Å². The highest BCUT2D eigenvalue weighted by Crippen LogP contribution is 2.25. The molecule has 1 atom stereocenters. The van der Waals surface area contributed by atoms with Crippen LogP contribution < -0.4 is 5.32 Å². The van der Waals surface area contributed by atoms with Crippen molar-refractivity contribution >= 4 is 28.9 Å². The summed E-state index contributed by atoms with van der Waals surface area (Å²) < 4.78 is 0. The highest BCUT2D eigenvalue weighted by Gasteiger charge is 2.05. The number of halogens is 2. The first-order valence-electron chi connectivity index (χ1n) is 5.28. The smallest absolute Gasteiger partial charge is 0.0486 e. The molecule has 1 heterocycles. The van der Waals surface area contributed by atoms with Crippen LogP contribution in [0.25, 0.3) is 0 Å². The van der Waals surface area contributed by atoms with Crippen LogP contribution in [0.15, 0.2) is 42.7 Å². The minimum absolute atomic E-state index is 0.174. The van der Waals surface area contributed by atoms with Gasteiger partial charge < -0.3 is 5.32 Å². The van der Waals surface area contributed by atoms with Crippen molar-refractivity contribution in [1.82, 2.24) is 4.98 Å². The van der Waals surface area contributed by atoms with Crippen LogP contribution in [0.4, 0.5) is 5.69 Å². The minimum atomic E-state index is 0.174. The van der Waals surface area contributed by atoms with E-state index in [4.69, 9.17) is 23.2 Å². The van der Waals surface area contributed by atoms with Crippen LogP contribution in [-0.4, -0.2) is 4.98 Å². The van der Waals surface area contributed by atoms with E-state index >= 15 is 0 Å². The Bertz CT molecular complexity index is 480. The third-order valence-corrected chi connectivity index (χ3v) is 2.89. The zero-order valence-corrected chi connectivity index (χ0v) is 10.8. The lowest BCUT2D eigenvalue weighted by Gasteiger charge is -2.15. The Kier molecular flexibility index (Phi) is 3.87. The number of hydrogen-bond acceptors (Lipinski definition) is 2. The summed E-state index contributed by atoms with van der Waals surface area (Å²) in [5, 5.41) is 4.60. The van der Waals surface area contributed by atoms with Crippen molar-refractivity contribution in [3.8, 4) is 0 Å². The van der Waals surface area contributed by atoms with E-state index in [-0.39, 0.29) is 6.04 Å². The number of pyridine rings is 1. The van der Waals surface area contributed by atoms with Crippen molar-refractivity contribution in [3.05, 3.63) is 58.3 Å². The van der Waals surface area contributed by atoms with Crippen LogP contribution in [0, 0.1) is 0 Å². The van der Waals surface area contributed by atoms with Gasteiger partial charge in [-0.05, 0) is 42.8 Å². The number of anilines is 1. The molecule has 4 heteroatoms. The molecular weight excluding hydrogens is 255 g/mol. The molecule has 17 heavy (non-hydrogen) atoms. The number of rotatable bonds is 3. The molecule has 0 unspecified atom stereocenters. The fraction of sp³-hybridized carbons (Fsp3) is 0.154. The highest BCUT2D eigenvalue weighted by atomic mass is 35.5. The molecule has 0 aliphatic carbocycles. The van der Waals surface area contributed by atoms with Gasteiger partial charge in [0.1, 0.15) is 0 Å². The Morgan fingerprint density at radius 1 is 1.06 bits per heavy atom. The average molecular weight is 267 g/mol. The zero-order chi connectivity index (χ0) is 12.3. The van der Waals surface area contributed by atoms with Crippen LogP contribution in [0.2, 0.25) is 10.0 Å². The lowest BCUT2D eigenvalue weighted by molar-refractivity contribution is 0.881. The second-order valence-electron chi connectivity index (χ2n) is 3.80. The quantitative estimate of drug-likeness (QED) is 0.881. The van der Waals surface area contributed by atoms with E-state index in [9.17, 15) is 0 Å². The largest absolute Gasteiger partial charge is 0.378 e. The first kappa shape index (κ1) is 12.2. The van der Waals surface area contributed by atoms with E-state index in [0.717, 1.165) is 11.3 Å². The van der Waals surface area contributed by atoms with Gasteiger partial charge in [0.05, 0.1) is 0 Å². The molecule has 0 aliphatic heterocycles. The van der Waals surface area contributed by atoms with Crippen molar-refractivity contribution in [2.24, 2.45) is 0 Å². The van der Waals surface area contributed by atoms with Gasteiger partial charge in [-0.15, -0.1) is 0 Å². The number of benzene rings is 1. The predicted molar refractivity (Wildman–Crippen MR) is 72.7 cm³/mol. The number of aromatic nitrogens is 1. The third kappa shape index (κ3) is 3.35. The topological polar surface area (TPSA) is 24.9 Å². The van der Waals surface area contributed by atoms with Crippen LogP contribution in [0.3, 0.4) is 0 Å². The maximum Gasteiger partial charge on any atom is 0.0486 e. The molecule has 2 rings (SSSR count). The normalized spacial score (nSPS) is 12.2. The molecule has 0 amide bonds. The lowest BCUT2D eigenvalue weighted by atomic mass is 10.1. The second-order valence-corrected chi connectivity index (χ2v) is 4.68. The molecule has 0 radical (unpaired) electrons. The number of hydrogen-bond donors (Lipinski definition) is 1. The fourth-order valence-corrected chi connectivity index (χ4v) is 2.15. The van der Waals surface area contributed by atoms with Crippen LogP contribution >= 0.6 is 23.2 Å². The summed E-state index contributed by atoms with van der Waals surface area (Å²) in [5.74, 6) is 0. The average Bonchev–Trinajstić information content (AvgIpc) is 2.28. The summed E-state index contributed by atoms with van der Waals surface area (Å²) in [6, 6.07) is 9.54. The van der Waals surface area contributed by atoms with Gasteiger partial charge in [-0.25, -0.2) is 0 Å². The van der Waals surface area contributed by atoms with Crippen LogP contribution in [0.1, 0.15) is 18.5 Å². The monoisotopic (exact) mass is 266 g/mol. The summed E-state index contributed by atoms with van der Waals surface area (Å²) in [4.78, 5) is 3.99. The molecule has 0 saturated heterocycles. The summed E-state index contributed by atoms with van der Waals surface area (Å²) in [6.07, 6.45) is 3.55. The van der Waals surface area contributed by atoms with Gasteiger partial charge >= 0.3 is 0 Å². The molecule has 1 N–H and O–H groups in total. The standard InChI is InChI=1S/C13H12Cl2N2/c1-9(10-2-4-16-5-3-10)17-13-7-11(14)6-12(15)8-13/h2-9,17H,1H3/t9-/m1/s1. The molecular formula is C13H12Cl2N2. The molecule has 0 bridgehead atoms. The van der Waals surface area contributed by atoms with Gasteiger partial charge in [0.15, 0.2) is 0 Å². The first-order chi connectivity index (χ1) is 8.15. The number of nitrogens with zero attached hydrogens (tertiary/aromatic N) is 1. The Balaban J connectivity index is 2.16. The fourth-order valence-electron chi connectivity index (χ4n) is 1.62. The third-order valence-electron chi connectivity index (χ3n) is 2.45. The van der Waals surface area contributed by atoms with Gasteiger partial charge in [0.25, 0.3) is 0 Å². The van der Waals surface area contributed by atoms with Gasteiger partial charge in [-0.1, -0.05) is 23.2 Å². The minimum Gasteiger partial charge on any atom is -0.378 e. The first-order valence-corrected chi connectivity index (χ1v) is 6.03. The van der Waals surface area contributed by atoms with Crippen molar-refractivity contribution in [2.75, 3.05) is 5.32 Å². The SMILES string of the molecule is C[C@@H](Nc1cc(Cl)cc(Cl)c1)c1ccncc1. The van der Waals surface area contributed by atoms with E-state index in [1.165, 1.54) is 0 Å². The van der Waals surface area contributed by atoms with E-state index in [1.54, 1.807) is 18.5 Å². The molecule has 2 nitrogen and oxygen atoms in total. The van der Waals surface area contributed by atoms with Crippen LogP contribution in [0.5, 0.6) is 0 Å². The molecule has 1 aromatic carbocycles. The maximum atomic E-state index is 5.95. The van der Waals surface area contributed by atoms with Gasteiger partial charge in [-0.3, -0.25) is 4.98 Å². The Morgan fingerprint density at radius 3 is 2.24 bits per heavy atom. The predicted octanol–water partition coefficient (Wildman–Crippen LogP) is 4.56. The van der Waals surface area contributed by atoms with E-state index in [2.05, 4.69) is 17.2 Å². The molecule has 0 fully saturated rings. The van der Waals surface area contributed by atoms with E-state index < -0.39 is 0 Å². The summed E-state index contributed by atoms with van der Waals surface area (Å²) in [5.41, 5.74) is 2.07. The summed E-state index contributed by atoms with van der Waals surface area (Å²) >= 11 is 11.9. The summed E-state index contributed by atoms with van der Waals surface area (Å²) in [7, 11) is 0. The van der Waals surface area contributed by atoms with Gasteiger partial charge in [-0.2, -0.15) is 0 Å². The molecule has 1 aromatic heterocycles. The lowest BCUT2D eigenvalue weighted by Crippen LogP contribution is -2.06. The molecule has 0 spiro atoms. The molecule has 0 aliphatic rings. The zero-order valence-electron chi connectivity index (χ0n) is 9.32. The van der Waals surface area contributed by atoms with Crippen molar-refractivity contribution in [3.63, 3.8) is 0 Å². The Hall–Kier alpha value is -1.25. The second kappa shape index (κ2) is 5.39. The van der Waals surface area contributed by atoms with E-state index in [0.29, 0.717) is 10.0 Å². The highest BCUT2D eigenvalue weighted by molar-refractivity contribution is 6.35. The van der Waals surface area contributed by atoms with Gasteiger partial charge in [0.2, 0.25) is 0 Å². The van der Waals surface area contributed by atoms with E-state index in [1.807, 2.05) is 24.3 Å². The number of nitrogens with one attached hydrogen (secondary N) is 1. The Labute approximate surface area is 111 Å². The summed E-state index contributed by atoms with van der Waals surface area (Å²) in [6.45, 7) is 2.07. The molecule has 88 valence electrons.